The SMILES string of the molecule is COc1ccc(-c2c(-c3ccccc3)c3ccccc3c3c2ccc2c4ccccc4sc23)cc1.c1ccc(-c2nc(-c3ccccc3)nc(-c3cc4ccccc4c4c3ccc3c5ccccc5sc34)n2)cc1.c1ccc2c(c1)cc(-c1cccc3c1oc1ccccc13)c1ccc3c4ccccc4sc3c12. The lowest BCUT2D eigenvalue weighted by Gasteiger charge is -2.19. The molecule has 5 heterocycles. The van der Waals surface area contributed by atoms with Crippen molar-refractivity contribution in [1.82, 2.24) is 15.0 Å². The molecular formula is C100H61N3O2S3. The summed E-state index contributed by atoms with van der Waals surface area (Å²) < 4.78 is 19.9. The molecule has 0 aliphatic heterocycles. The Labute approximate surface area is 632 Å². The van der Waals surface area contributed by atoms with E-state index < -0.39 is 0 Å². The van der Waals surface area contributed by atoms with Gasteiger partial charge in [0.2, 0.25) is 0 Å². The van der Waals surface area contributed by atoms with Crippen molar-refractivity contribution in [3.63, 3.8) is 0 Å². The molecule has 0 bridgehead atoms. The summed E-state index contributed by atoms with van der Waals surface area (Å²) in [5, 5.41) is 25.4. The number of ether oxygens (including phenoxy) is 1. The molecule has 108 heavy (non-hydrogen) atoms. The van der Waals surface area contributed by atoms with Gasteiger partial charge in [0, 0.05) is 110 Å². The zero-order chi connectivity index (χ0) is 71.3. The Morgan fingerprint density at radius 1 is 0.250 bits per heavy atom. The number of fused-ring (bicyclic) bond motifs is 24. The Morgan fingerprint density at radius 3 is 1.17 bits per heavy atom. The molecule has 506 valence electrons. The lowest BCUT2D eigenvalue weighted by Crippen LogP contribution is -2.00. The summed E-state index contributed by atoms with van der Waals surface area (Å²) in [4.78, 5) is 15.0. The van der Waals surface area contributed by atoms with Crippen molar-refractivity contribution < 1.29 is 9.15 Å². The van der Waals surface area contributed by atoms with Crippen LogP contribution in [0.4, 0.5) is 0 Å². The lowest BCUT2D eigenvalue weighted by molar-refractivity contribution is 0.415. The second-order valence-electron chi connectivity index (χ2n) is 27.4. The largest absolute Gasteiger partial charge is 0.497 e. The number of methoxy groups -OCH3 is 1. The van der Waals surface area contributed by atoms with Gasteiger partial charge in [-0.2, -0.15) is 0 Å². The Morgan fingerprint density at radius 2 is 0.630 bits per heavy atom. The summed E-state index contributed by atoms with van der Waals surface area (Å²) in [5.74, 6) is 2.89. The molecule has 0 fully saturated rings. The monoisotopic (exact) mass is 1430 g/mol. The standard InChI is InChI=1S/C35H21N3S.C33H22OS.C32H18OS/c1-3-11-22(12-4-1)33-36-34(23-13-5-2-6-14-23)38-35(37-33)29-21-24-15-7-8-16-25(24)31-27(29)19-20-28-26-17-9-10-18-30(26)39-32(28)31;1-34-23-17-15-22(16-18-23)31-28-20-19-27-24-11-7-8-14-29(24)35-33(27)32(28)26-13-6-5-12-25(26)30(31)21-9-3-2-4-10-21;1-2-9-20-19(8-1)18-27(25-13-7-12-24-21-10-3-5-14-28(21)33-31(24)25)23-16-17-26-22-11-4-6-15-29(22)34-32(26)30(20)23/h1-21H;2-20H,1H3;1-18H. The third kappa shape index (κ3) is 10.5. The lowest BCUT2D eigenvalue weighted by atomic mass is 9.84. The summed E-state index contributed by atoms with van der Waals surface area (Å²) in [7, 11) is 1.72. The fourth-order valence-electron chi connectivity index (χ4n) is 16.4. The van der Waals surface area contributed by atoms with E-state index in [1.807, 2.05) is 101 Å². The average Bonchev–Trinajstić information content (AvgIpc) is 1.35. The maximum absolute atomic E-state index is 6.44. The molecule has 18 aromatic carbocycles. The molecule has 0 atom stereocenters. The summed E-state index contributed by atoms with van der Waals surface area (Å²) in [5.41, 5.74) is 12.2. The van der Waals surface area contributed by atoms with Crippen molar-refractivity contribution in [1.29, 1.82) is 0 Å². The molecule has 0 radical (unpaired) electrons. The minimum absolute atomic E-state index is 0.670. The predicted octanol–water partition coefficient (Wildman–Crippen LogP) is 29.2. The number of rotatable bonds is 7. The van der Waals surface area contributed by atoms with Crippen molar-refractivity contribution in [3.05, 3.63) is 352 Å². The van der Waals surface area contributed by atoms with Gasteiger partial charge >= 0.3 is 0 Å². The number of para-hydroxylation sites is 2. The van der Waals surface area contributed by atoms with Crippen LogP contribution in [0.3, 0.4) is 0 Å². The number of benzene rings is 18. The maximum Gasteiger partial charge on any atom is 0.164 e. The van der Waals surface area contributed by atoms with Gasteiger partial charge in [0.25, 0.3) is 0 Å². The van der Waals surface area contributed by atoms with E-state index in [0.29, 0.717) is 17.5 Å². The van der Waals surface area contributed by atoms with Gasteiger partial charge in [-0.25, -0.2) is 15.0 Å². The highest BCUT2D eigenvalue weighted by molar-refractivity contribution is 7.27. The number of thiophene rings is 3. The topological polar surface area (TPSA) is 61.0 Å². The van der Waals surface area contributed by atoms with Crippen molar-refractivity contribution in [2.45, 2.75) is 0 Å². The third-order valence-electron chi connectivity index (χ3n) is 21.3. The number of nitrogens with zero attached hydrogens (tertiary/aromatic N) is 3. The second-order valence-corrected chi connectivity index (χ2v) is 30.5. The van der Waals surface area contributed by atoms with E-state index in [1.165, 1.54) is 148 Å². The first-order valence-corrected chi connectivity index (χ1v) is 38.8. The highest BCUT2D eigenvalue weighted by atomic mass is 32.1. The van der Waals surface area contributed by atoms with Crippen LogP contribution in [0.5, 0.6) is 5.75 Å². The predicted molar refractivity (Wildman–Crippen MR) is 463 cm³/mol. The fraction of sp³-hybridized carbons (Fsp3) is 0.0100. The minimum Gasteiger partial charge on any atom is -0.497 e. The Hall–Kier alpha value is -13.2. The van der Waals surface area contributed by atoms with Crippen molar-refractivity contribution in [3.8, 4) is 73.3 Å². The van der Waals surface area contributed by atoms with Crippen LogP contribution in [0.15, 0.2) is 356 Å². The van der Waals surface area contributed by atoms with Gasteiger partial charge in [0.05, 0.1) is 7.11 Å². The molecule has 0 aliphatic rings. The fourth-order valence-corrected chi connectivity index (χ4v) is 20.2. The molecule has 0 saturated heterocycles. The second kappa shape index (κ2) is 26.1. The first kappa shape index (κ1) is 63.3. The smallest absolute Gasteiger partial charge is 0.164 e. The molecule has 5 nitrogen and oxygen atoms in total. The highest BCUT2D eigenvalue weighted by Crippen LogP contribution is 2.52. The van der Waals surface area contributed by atoms with E-state index in [2.05, 4.69) is 285 Å². The molecule has 0 amide bonds. The zero-order valence-electron chi connectivity index (χ0n) is 58.4. The zero-order valence-corrected chi connectivity index (χ0v) is 60.8. The summed E-state index contributed by atoms with van der Waals surface area (Å²) in [6, 6.07) is 125. The van der Waals surface area contributed by atoms with Gasteiger partial charge < -0.3 is 9.15 Å². The van der Waals surface area contributed by atoms with Crippen LogP contribution >= 0.6 is 34.0 Å². The highest BCUT2D eigenvalue weighted by Gasteiger charge is 2.24. The summed E-state index contributed by atoms with van der Waals surface area (Å²) in [6.07, 6.45) is 0. The van der Waals surface area contributed by atoms with Gasteiger partial charge in [-0.3, -0.25) is 0 Å². The molecule has 0 saturated carbocycles. The number of furan rings is 1. The van der Waals surface area contributed by atoms with Crippen LogP contribution in [0.2, 0.25) is 0 Å². The van der Waals surface area contributed by atoms with E-state index in [1.54, 1.807) is 7.11 Å². The number of hydrogen-bond acceptors (Lipinski definition) is 8. The Balaban J connectivity index is 0.000000104. The first-order chi connectivity index (χ1) is 53.5. The quantitative estimate of drug-likeness (QED) is 0.149. The van der Waals surface area contributed by atoms with Crippen LogP contribution in [0.1, 0.15) is 0 Å². The van der Waals surface area contributed by atoms with E-state index in [0.717, 1.165) is 55.3 Å². The van der Waals surface area contributed by atoms with Crippen molar-refractivity contribution in [2.24, 2.45) is 0 Å². The van der Waals surface area contributed by atoms with E-state index in [9.17, 15) is 0 Å². The molecule has 23 aromatic rings. The molecule has 5 aromatic heterocycles. The normalized spacial score (nSPS) is 11.8. The third-order valence-corrected chi connectivity index (χ3v) is 25.0. The Bertz CT molecular complexity index is 7470. The van der Waals surface area contributed by atoms with E-state index in [-0.39, 0.29) is 0 Å². The molecule has 23 rings (SSSR count). The average molecular weight is 1430 g/mol. The number of hydrogen-bond donors (Lipinski definition) is 0. The molecule has 0 unspecified atom stereocenters. The van der Waals surface area contributed by atoms with Crippen LogP contribution in [0, 0.1) is 0 Å². The van der Waals surface area contributed by atoms with Crippen LogP contribution in [0.25, 0.3) is 215 Å². The maximum atomic E-state index is 6.44. The van der Waals surface area contributed by atoms with Gasteiger partial charge in [0.15, 0.2) is 17.5 Å². The van der Waals surface area contributed by atoms with Crippen molar-refractivity contribution in [2.75, 3.05) is 7.11 Å². The van der Waals surface area contributed by atoms with Crippen molar-refractivity contribution >= 4 is 181 Å². The van der Waals surface area contributed by atoms with Gasteiger partial charge in [0.1, 0.15) is 16.9 Å². The van der Waals surface area contributed by atoms with E-state index >= 15 is 0 Å². The van der Waals surface area contributed by atoms with Gasteiger partial charge in [-0.1, -0.05) is 303 Å². The molecular weight excluding hydrogens is 1370 g/mol. The molecule has 0 N–H and O–H groups in total. The van der Waals surface area contributed by atoms with Crippen LogP contribution < -0.4 is 4.74 Å². The molecule has 0 aliphatic carbocycles. The molecule has 8 heteroatoms. The van der Waals surface area contributed by atoms with Crippen LogP contribution in [-0.2, 0) is 0 Å². The van der Waals surface area contributed by atoms with Gasteiger partial charge in [-0.15, -0.1) is 34.0 Å². The summed E-state index contributed by atoms with van der Waals surface area (Å²) >= 11 is 5.65. The van der Waals surface area contributed by atoms with Crippen LogP contribution in [-0.4, -0.2) is 22.1 Å². The van der Waals surface area contributed by atoms with E-state index in [4.69, 9.17) is 24.1 Å². The number of aromatic nitrogens is 3. The summed E-state index contributed by atoms with van der Waals surface area (Å²) in [6.45, 7) is 0. The Kier molecular flexibility index (Phi) is 15.3. The molecule has 0 spiro atoms. The minimum atomic E-state index is 0.670. The first-order valence-electron chi connectivity index (χ1n) is 36.3. The van der Waals surface area contributed by atoms with Gasteiger partial charge in [-0.05, 0) is 125 Å².